The van der Waals surface area contributed by atoms with E-state index >= 15 is 0 Å². The van der Waals surface area contributed by atoms with E-state index in [0.29, 0.717) is 17.7 Å². The molecule has 0 unspecified atom stereocenters. The first kappa shape index (κ1) is 28.8. The minimum atomic E-state index is -3.86. The van der Waals surface area contributed by atoms with E-state index in [4.69, 9.17) is 9.84 Å². The van der Waals surface area contributed by atoms with Gasteiger partial charge >= 0.3 is 0 Å². The van der Waals surface area contributed by atoms with Crippen molar-refractivity contribution in [3.8, 4) is 5.75 Å². The minimum Gasteiger partial charge on any atom is -0.487 e. The summed E-state index contributed by atoms with van der Waals surface area (Å²) >= 11 is 0. The molecular weight excluding hydrogens is 540 g/mol. The molecule has 0 bridgehead atoms. The fourth-order valence-corrected chi connectivity index (χ4v) is 6.75. The van der Waals surface area contributed by atoms with Crippen molar-refractivity contribution in [2.45, 2.75) is 55.0 Å². The summed E-state index contributed by atoms with van der Waals surface area (Å²) in [5, 5.41) is 11.7. The number of benzene rings is 3. The number of carbonyl (C=O) groups is 1. The maximum Gasteiger partial charge on any atom is 0.255 e. The fraction of sp³-hybridized carbons (Fsp3) is 0.321. The Labute approximate surface area is 229 Å². The van der Waals surface area contributed by atoms with Crippen molar-refractivity contribution < 1.29 is 31.5 Å². The van der Waals surface area contributed by atoms with Crippen LogP contribution in [0.25, 0.3) is 0 Å². The van der Waals surface area contributed by atoms with Gasteiger partial charge in [-0.25, -0.2) is 21.6 Å². The number of aliphatic hydroxyl groups excluding tert-OH is 1. The van der Waals surface area contributed by atoms with E-state index in [2.05, 4.69) is 10.0 Å². The maximum absolute atomic E-state index is 13.2. The van der Waals surface area contributed by atoms with Crippen molar-refractivity contribution in [2.75, 3.05) is 17.7 Å². The molecule has 0 aliphatic carbocycles. The number of amides is 1. The van der Waals surface area contributed by atoms with Gasteiger partial charge in [-0.15, -0.1) is 0 Å². The van der Waals surface area contributed by atoms with E-state index < -0.39 is 49.8 Å². The number of fused-ring (bicyclic) bond motifs is 1. The molecule has 0 saturated carbocycles. The number of aliphatic hydroxyl groups is 1. The van der Waals surface area contributed by atoms with Crippen molar-refractivity contribution in [3.05, 3.63) is 83.4 Å². The topological polar surface area (TPSA) is 139 Å². The number of hydrogen-bond donors (Lipinski definition) is 3. The minimum absolute atomic E-state index is 0.0168. The molecule has 3 aromatic rings. The molecule has 39 heavy (non-hydrogen) atoms. The third-order valence-electron chi connectivity index (χ3n) is 6.48. The predicted molar refractivity (Wildman–Crippen MR) is 148 cm³/mol. The SMILES string of the molecule is CCc1ccc(S(=O)(=O)N[C@H]2CC(C)(C)Oc3ccc(C(=O)Nc4cccc(S(=O)(=O)CCO)c4)cc32)cc1. The van der Waals surface area contributed by atoms with Crippen molar-refractivity contribution in [2.24, 2.45) is 0 Å². The Bertz CT molecular complexity index is 1580. The average Bonchev–Trinajstić information content (AvgIpc) is 2.88. The quantitative estimate of drug-likeness (QED) is 0.354. The van der Waals surface area contributed by atoms with Crippen LogP contribution in [0.1, 0.15) is 54.7 Å². The number of ether oxygens (including phenoxy) is 1. The summed E-state index contributed by atoms with van der Waals surface area (Å²) in [5.74, 6) is -0.462. The highest BCUT2D eigenvalue weighted by Crippen LogP contribution is 2.40. The van der Waals surface area contributed by atoms with Crippen LogP contribution in [0.5, 0.6) is 5.75 Å². The number of sulfonamides is 1. The van der Waals surface area contributed by atoms with Gasteiger partial charge in [0.05, 0.1) is 28.2 Å². The van der Waals surface area contributed by atoms with Gasteiger partial charge in [0.15, 0.2) is 9.84 Å². The van der Waals surface area contributed by atoms with E-state index in [0.717, 1.165) is 12.0 Å². The van der Waals surface area contributed by atoms with Crippen LogP contribution >= 0.6 is 0 Å². The normalized spacial score (nSPS) is 16.7. The molecule has 0 spiro atoms. The zero-order valence-electron chi connectivity index (χ0n) is 22.0. The van der Waals surface area contributed by atoms with Gasteiger partial charge in [-0.05, 0) is 74.4 Å². The Kier molecular flexibility index (Phi) is 8.17. The molecule has 208 valence electrons. The number of sulfone groups is 1. The molecule has 0 saturated heterocycles. The van der Waals surface area contributed by atoms with Gasteiger partial charge in [0, 0.05) is 23.2 Å². The van der Waals surface area contributed by atoms with Crippen molar-refractivity contribution in [1.82, 2.24) is 4.72 Å². The lowest BCUT2D eigenvalue weighted by Gasteiger charge is -2.38. The van der Waals surface area contributed by atoms with Gasteiger partial charge in [0.1, 0.15) is 11.4 Å². The van der Waals surface area contributed by atoms with Crippen LogP contribution < -0.4 is 14.8 Å². The van der Waals surface area contributed by atoms with E-state index in [1.807, 2.05) is 20.8 Å². The molecule has 0 aromatic heterocycles. The zero-order chi connectivity index (χ0) is 28.4. The number of nitrogens with one attached hydrogen (secondary N) is 2. The second-order valence-electron chi connectivity index (χ2n) is 10.0. The summed E-state index contributed by atoms with van der Waals surface area (Å²) in [6.45, 7) is 5.21. The van der Waals surface area contributed by atoms with Crippen LogP contribution in [0.15, 0.2) is 76.5 Å². The second-order valence-corrected chi connectivity index (χ2v) is 13.8. The van der Waals surface area contributed by atoms with Gasteiger partial charge < -0.3 is 15.2 Å². The third-order valence-corrected chi connectivity index (χ3v) is 9.66. The lowest BCUT2D eigenvalue weighted by Crippen LogP contribution is -2.41. The van der Waals surface area contributed by atoms with E-state index in [1.54, 1.807) is 48.5 Å². The van der Waals surface area contributed by atoms with Gasteiger partial charge in [0.2, 0.25) is 10.0 Å². The average molecular weight is 573 g/mol. The Morgan fingerprint density at radius 2 is 1.72 bits per heavy atom. The van der Waals surface area contributed by atoms with Gasteiger partial charge in [-0.1, -0.05) is 25.1 Å². The largest absolute Gasteiger partial charge is 0.487 e. The van der Waals surface area contributed by atoms with Crippen LogP contribution in [-0.2, 0) is 26.3 Å². The molecule has 1 atom stereocenters. The van der Waals surface area contributed by atoms with Gasteiger partial charge in [0.25, 0.3) is 5.91 Å². The van der Waals surface area contributed by atoms with Crippen LogP contribution in [0.2, 0.25) is 0 Å². The Morgan fingerprint density at radius 1 is 1.00 bits per heavy atom. The number of anilines is 1. The summed E-state index contributed by atoms with van der Waals surface area (Å²) in [5.41, 5.74) is 1.41. The molecule has 1 aliphatic heterocycles. The molecule has 3 N–H and O–H groups in total. The fourth-order valence-electron chi connectivity index (χ4n) is 4.47. The standard InChI is InChI=1S/C28H32N2O7S2/c1-4-19-8-11-22(12-9-19)39(35,36)30-25-18-28(2,3)37-26-13-10-20(16-24(25)26)27(32)29-21-6-5-7-23(17-21)38(33,34)15-14-31/h5-13,16-17,25,30-31H,4,14-15,18H2,1-3H3,(H,29,32)/t25-/m0/s1. The maximum atomic E-state index is 13.2. The smallest absolute Gasteiger partial charge is 0.255 e. The lowest BCUT2D eigenvalue weighted by molar-refractivity contribution is 0.0701. The predicted octanol–water partition coefficient (Wildman–Crippen LogP) is 3.85. The van der Waals surface area contributed by atoms with Gasteiger partial charge in [-0.3, -0.25) is 4.79 Å². The molecule has 11 heteroatoms. The second kappa shape index (κ2) is 11.1. The molecule has 0 fully saturated rings. The van der Waals surface area contributed by atoms with E-state index in [1.165, 1.54) is 18.2 Å². The highest BCUT2D eigenvalue weighted by Gasteiger charge is 2.36. The first-order valence-corrected chi connectivity index (χ1v) is 15.7. The lowest BCUT2D eigenvalue weighted by atomic mass is 9.89. The van der Waals surface area contributed by atoms with Crippen LogP contribution in [0.4, 0.5) is 5.69 Å². The summed E-state index contributed by atoms with van der Waals surface area (Å²) in [6, 6.07) is 16.6. The van der Waals surface area contributed by atoms with Gasteiger partial charge in [-0.2, -0.15) is 0 Å². The first-order valence-electron chi connectivity index (χ1n) is 12.5. The molecular formula is C28H32N2O7S2. The molecule has 0 radical (unpaired) electrons. The monoisotopic (exact) mass is 572 g/mol. The zero-order valence-corrected chi connectivity index (χ0v) is 23.6. The molecule has 3 aromatic carbocycles. The van der Waals surface area contributed by atoms with Crippen LogP contribution in [-0.4, -0.2) is 45.8 Å². The summed E-state index contributed by atoms with van der Waals surface area (Å²) in [6.07, 6.45) is 1.13. The first-order chi connectivity index (χ1) is 18.3. The number of hydrogen-bond acceptors (Lipinski definition) is 7. The van der Waals surface area contributed by atoms with Crippen LogP contribution in [0.3, 0.4) is 0 Å². The number of aryl methyl sites for hydroxylation is 1. The highest BCUT2D eigenvalue weighted by atomic mass is 32.2. The summed E-state index contributed by atoms with van der Waals surface area (Å²) in [7, 11) is -7.55. The van der Waals surface area contributed by atoms with Crippen LogP contribution in [0, 0.1) is 0 Å². The van der Waals surface area contributed by atoms with Crippen molar-refractivity contribution in [1.29, 1.82) is 0 Å². The molecule has 1 amide bonds. The summed E-state index contributed by atoms with van der Waals surface area (Å²) < 4.78 is 59.9. The Hall–Kier alpha value is -3.25. The van der Waals surface area contributed by atoms with Crippen molar-refractivity contribution >= 4 is 31.5 Å². The Morgan fingerprint density at radius 3 is 2.38 bits per heavy atom. The van der Waals surface area contributed by atoms with E-state index in [9.17, 15) is 21.6 Å². The molecule has 9 nitrogen and oxygen atoms in total. The number of carbonyl (C=O) groups excluding carboxylic acids is 1. The molecule has 1 aliphatic rings. The highest BCUT2D eigenvalue weighted by molar-refractivity contribution is 7.91. The molecule has 1 heterocycles. The summed E-state index contributed by atoms with van der Waals surface area (Å²) in [4.78, 5) is 13.2. The third kappa shape index (κ3) is 6.67. The van der Waals surface area contributed by atoms with Crippen molar-refractivity contribution in [3.63, 3.8) is 0 Å². The van der Waals surface area contributed by atoms with E-state index in [-0.39, 0.29) is 21.0 Å². The Balaban J connectivity index is 1.61. The number of rotatable bonds is 9. The molecule has 4 rings (SSSR count).